The van der Waals surface area contributed by atoms with Gasteiger partial charge in [-0.1, -0.05) is 13.2 Å². The minimum Gasteiger partial charge on any atom is -0.498 e. The zero-order chi connectivity index (χ0) is 11.4. The Balaban J connectivity index is 2.04. The second kappa shape index (κ2) is 5.42. The van der Waals surface area contributed by atoms with Crippen molar-refractivity contribution in [3.05, 3.63) is 25.7 Å². The summed E-state index contributed by atoms with van der Waals surface area (Å²) in [6.07, 6.45) is 11.3. The fourth-order valence-corrected chi connectivity index (χ4v) is 3.47. The Kier molecular flexibility index (Phi) is 3.92. The molecule has 2 heteroatoms. The lowest BCUT2D eigenvalue weighted by Crippen LogP contribution is -2.43. The molecule has 0 aliphatic heterocycles. The molecule has 16 heavy (non-hydrogen) atoms. The van der Waals surface area contributed by atoms with Crippen LogP contribution in [0.2, 0.25) is 0 Å². The number of fused-ring (bicyclic) bond motifs is 1. The van der Waals surface area contributed by atoms with E-state index >= 15 is 0 Å². The molecule has 4 atom stereocenters. The van der Waals surface area contributed by atoms with Crippen LogP contribution in [0.15, 0.2) is 25.7 Å². The zero-order valence-corrected chi connectivity index (χ0v) is 9.94. The lowest BCUT2D eigenvalue weighted by molar-refractivity contribution is -0.0619. The molecule has 0 bridgehead atoms. The molecule has 2 rings (SSSR count). The molecule has 0 saturated heterocycles. The molecular weight excluding hydrogens is 200 g/mol. The summed E-state index contributed by atoms with van der Waals surface area (Å²) in [5, 5.41) is 0. The van der Waals surface area contributed by atoms with Crippen LogP contribution in [0.4, 0.5) is 0 Å². The maximum absolute atomic E-state index is 5.66. The van der Waals surface area contributed by atoms with E-state index < -0.39 is 0 Å². The highest BCUT2D eigenvalue weighted by Crippen LogP contribution is 2.43. The third kappa shape index (κ3) is 2.26. The number of hydrogen-bond donors (Lipinski definition) is 0. The summed E-state index contributed by atoms with van der Waals surface area (Å²) in [6.45, 7) is 7.36. The van der Waals surface area contributed by atoms with Crippen LogP contribution in [-0.4, -0.2) is 12.2 Å². The van der Waals surface area contributed by atoms with E-state index in [0.29, 0.717) is 24.0 Å². The summed E-state index contributed by atoms with van der Waals surface area (Å²) in [7, 11) is 0. The van der Waals surface area contributed by atoms with E-state index in [9.17, 15) is 0 Å². The van der Waals surface area contributed by atoms with E-state index in [1.807, 2.05) is 0 Å². The third-order valence-electron chi connectivity index (χ3n) is 4.10. The van der Waals surface area contributed by atoms with Crippen molar-refractivity contribution in [3.8, 4) is 0 Å². The first-order valence-corrected chi connectivity index (χ1v) is 6.39. The molecule has 0 heterocycles. The number of ether oxygens (including phenoxy) is 2. The zero-order valence-electron chi connectivity index (χ0n) is 9.94. The van der Waals surface area contributed by atoms with Crippen LogP contribution < -0.4 is 0 Å². The predicted octanol–water partition coefficient (Wildman–Crippen LogP) is 3.64. The van der Waals surface area contributed by atoms with E-state index in [2.05, 4.69) is 13.2 Å². The highest BCUT2D eigenvalue weighted by molar-refractivity contribution is 4.92. The minimum atomic E-state index is 0.368. The van der Waals surface area contributed by atoms with Crippen molar-refractivity contribution >= 4 is 0 Å². The summed E-state index contributed by atoms with van der Waals surface area (Å²) < 4.78 is 11.3. The lowest BCUT2D eigenvalue weighted by Gasteiger charge is -2.44. The second-order valence-corrected chi connectivity index (χ2v) is 4.87. The Morgan fingerprint density at radius 1 is 0.750 bits per heavy atom. The van der Waals surface area contributed by atoms with Crippen molar-refractivity contribution in [1.29, 1.82) is 0 Å². The molecule has 0 radical (unpaired) electrons. The van der Waals surface area contributed by atoms with E-state index in [-0.39, 0.29) is 0 Å². The molecule has 4 unspecified atom stereocenters. The fourth-order valence-electron chi connectivity index (χ4n) is 3.47. The first kappa shape index (κ1) is 11.6. The van der Waals surface area contributed by atoms with Crippen molar-refractivity contribution in [2.75, 3.05) is 0 Å². The molecular formula is C14H22O2. The molecule has 90 valence electrons. The van der Waals surface area contributed by atoms with Gasteiger partial charge in [0.1, 0.15) is 12.2 Å². The van der Waals surface area contributed by atoms with Crippen molar-refractivity contribution in [1.82, 2.24) is 0 Å². The summed E-state index contributed by atoms with van der Waals surface area (Å²) >= 11 is 0. The predicted molar refractivity (Wildman–Crippen MR) is 64.8 cm³/mol. The Hall–Kier alpha value is -0.920. The molecule has 2 aliphatic carbocycles. The van der Waals surface area contributed by atoms with Crippen LogP contribution in [0, 0.1) is 11.8 Å². The highest BCUT2D eigenvalue weighted by Gasteiger charge is 2.41. The molecule has 0 N–H and O–H groups in total. The van der Waals surface area contributed by atoms with Gasteiger partial charge in [-0.25, -0.2) is 0 Å². The molecule has 0 aromatic heterocycles. The van der Waals surface area contributed by atoms with Crippen molar-refractivity contribution in [3.63, 3.8) is 0 Å². The monoisotopic (exact) mass is 222 g/mol. The van der Waals surface area contributed by atoms with Gasteiger partial charge < -0.3 is 9.47 Å². The summed E-state index contributed by atoms with van der Waals surface area (Å²) in [5.74, 6) is 1.32. The Bertz CT molecular complexity index is 223. The van der Waals surface area contributed by atoms with Crippen LogP contribution in [0.25, 0.3) is 0 Å². The van der Waals surface area contributed by atoms with Gasteiger partial charge in [-0.3, -0.25) is 0 Å². The molecule has 0 spiro atoms. The van der Waals surface area contributed by atoms with Crippen molar-refractivity contribution in [2.24, 2.45) is 11.8 Å². The lowest BCUT2D eigenvalue weighted by atomic mass is 9.68. The van der Waals surface area contributed by atoms with Crippen LogP contribution in [0.3, 0.4) is 0 Å². The Morgan fingerprint density at radius 2 is 1.19 bits per heavy atom. The van der Waals surface area contributed by atoms with Crippen LogP contribution in [0.1, 0.15) is 38.5 Å². The van der Waals surface area contributed by atoms with Crippen molar-refractivity contribution in [2.45, 2.75) is 50.7 Å². The minimum absolute atomic E-state index is 0.368. The summed E-state index contributed by atoms with van der Waals surface area (Å²) in [5.41, 5.74) is 0. The first-order chi connectivity index (χ1) is 7.86. The normalized spacial score (nSPS) is 38.2. The molecule has 2 nitrogen and oxygen atoms in total. The number of rotatable bonds is 4. The van der Waals surface area contributed by atoms with Gasteiger partial charge in [0.05, 0.1) is 12.5 Å². The number of hydrogen-bond acceptors (Lipinski definition) is 2. The fraction of sp³-hybridized carbons (Fsp3) is 0.714. The Morgan fingerprint density at radius 3 is 1.56 bits per heavy atom. The second-order valence-electron chi connectivity index (χ2n) is 4.87. The molecule has 2 saturated carbocycles. The smallest absolute Gasteiger partial charge is 0.101 e. The maximum Gasteiger partial charge on any atom is 0.101 e. The SMILES string of the molecule is C=COC1CCCC2C(OC=C)CCCC12. The van der Waals surface area contributed by atoms with Gasteiger partial charge in [0.25, 0.3) is 0 Å². The van der Waals surface area contributed by atoms with E-state index in [1.54, 1.807) is 12.5 Å². The standard InChI is InChI=1S/C14H22O2/c1-3-15-13-9-5-8-12-11(13)7-6-10-14(12)16-4-2/h3-4,11-14H,1-2,5-10H2. The molecule has 2 aliphatic rings. The van der Waals surface area contributed by atoms with Crippen LogP contribution in [-0.2, 0) is 9.47 Å². The van der Waals surface area contributed by atoms with Gasteiger partial charge in [0.2, 0.25) is 0 Å². The molecule has 0 aromatic rings. The summed E-state index contributed by atoms with van der Waals surface area (Å²) in [6, 6.07) is 0. The van der Waals surface area contributed by atoms with E-state index in [0.717, 1.165) is 0 Å². The van der Waals surface area contributed by atoms with Gasteiger partial charge in [0, 0.05) is 11.8 Å². The van der Waals surface area contributed by atoms with Gasteiger partial charge in [-0.05, 0) is 38.5 Å². The molecule has 0 aromatic carbocycles. The average molecular weight is 222 g/mol. The molecule has 0 amide bonds. The highest BCUT2D eigenvalue weighted by atomic mass is 16.5. The van der Waals surface area contributed by atoms with Gasteiger partial charge in [-0.15, -0.1) is 0 Å². The maximum atomic E-state index is 5.66. The topological polar surface area (TPSA) is 18.5 Å². The van der Waals surface area contributed by atoms with Gasteiger partial charge in [-0.2, -0.15) is 0 Å². The Labute approximate surface area is 98.3 Å². The average Bonchev–Trinajstić information content (AvgIpc) is 2.31. The third-order valence-corrected chi connectivity index (χ3v) is 4.10. The van der Waals surface area contributed by atoms with Crippen LogP contribution in [0.5, 0.6) is 0 Å². The van der Waals surface area contributed by atoms with Crippen LogP contribution >= 0.6 is 0 Å². The van der Waals surface area contributed by atoms with E-state index in [4.69, 9.17) is 9.47 Å². The quantitative estimate of drug-likeness (QED) is 0.676. The van der Waals surface area contributed by atoms with Gasteiger partial charge in [0.15, 0.2) is 0 Å². The molecule has 2 fully saturated rings. The largest absolute Gasteiger partial charge is 0.498 e. The van der Waals surface area contributed by atoms with E-state index in [1.165, 1.54) is 38.5 Å². The van der Waals surface area contributed by atoms with Crippen molar-refractivity contribution < 1.29 is 9.47 Å². The van der Waals surface area contributed by atoms with Gasteiger partial charge >= 0.3 is 0 Å². The summed E-state index contributed by atoms with van der Waals surface area (Å²) in [4.78, 5) is 0. The first-order valence-electron chi connectivity index (χ1n) is 6.39.